The van der Waals surface area contributed by atoms with Crippen LogP contribution in [0.1, 0.15) is 13.3 Å². The lowest BCUT2D eigenvalue weighted by Gasteiger charge is -2.26. The Morgan fingerprint density at radius 1 is 1.50 bits per heavy atom. The third-order valence-electron chi connectivity index (χ3n) is 1.15. The molecule has 0 saturated carbocycles. The summed E-state index contributed by atoms with van der Waals surface area (Å²) in [7, 11) is -3.01. The average Bonchev–Trinajstić information content (AvgIpc) is 1.83. The summed E-state index contributed by atoms with van der Waals surface area (Å²) in [6.45, 7) is 1.45. The van der Waals surface area contributed by atoms with Crippen molar-refractivity contribution in [2.75, 3.05) is 0 Å². The van der Waals surface area contributed by atoms with E-state index in [0.29, 0.717) is 0 Å². The summed E-state index contributed by atoms with van der Waals surface area (Å²) in [6.07, 6.45) is -0.120. The molecule has 8 heteroatoms. The van der Waals surface area contributed by atoms with Crippen LogP contribution in [0.5, 0.6) is 0 Å². The van der Waals surface area contributed by atoms with Crippen LogP contribution in [0.25, 0.3) is 0 Å². The predicted molar refractivity (Wildman–Crippen MR) is 46.4 cm³/mol. The summed E-state index contributed by atoms with van der Waals surface area (Å²) >= 11 is 15.9. The molecule has 72 valence electrons. The van der Waals surface area contributed by atoms with Gasteiger partial charge in [-0.15, -0.1) is 4.89 Å². The SMILES string of the molecule is CCC(O)(O[P+](=O)O)C(Cl)(Cl)Cl. The summed E-state index contributed by atoms with van der Waals surface area (Å²) < 4.78 is 12.2. The third kappa shape index (κ3) is 3.30. The number of halogens is 3. The molecule has 4 nitrogen and oxygen atoms in total. The van der Waals surface area contributed by atoms with Gasteiger partial charge < -0.3 is 5.11 Å². The van der Waals surface area contributed by atoms with Gasteiger partial charge in [-0.1, -0.05) is 46.3 Å². The molecule has 0 aromatic rings. The Balaban J connectivity index is 4.56. The molecule has 2 atom stereocenters. The van der Waals surface area contributed by atoms with Gasteiger partial charge >= 0.3 is 8.25 Å². The van der Waals surface area contributed by atoms with E-state index < -0.39 is 17.8 Å². The van der Waals surface area contributed by atoms with Crippen LogP contribution in [0.15, 0.2) is 0 Å². The highest BCUT2D eigenvalue weighted by Gasteiger charge is 2.53. The van der Waals surface area contributed by atoms with E-state index >= 15 is 0 Å². The second kappa shape index (κ2) is 4.38. The zero-order valence-corrected chi connectivity index (χ0v) is 9.16. The molecule has 0 aliphatic carbocycles. The molecule has 0 fully saturated rings. The summed E-state index contributed by atoms with van der Waals surface area (Å²) in [5, 5.41) is 9.37. The minimum Gasteiger partial charge on any atom is -0.359 e. The lowest BCUT2D eigenvalue weighted by Crippen LogP contribution is -2.43. The first-order chi connectivity index (χ1) is 5.23. The second-order valence-corrected chi connectivity index (χ2v) is 4.90. The highest BCUT2D eigenvalue weighted by Crippen LogP contribution is 2.44. The predicted octanol–water partition coefficient (Wildman–Crippen LogP) is 2.12. The first kappa shape index (κ1) is 12.8. The number of hydrogen-bond acceptors (Lipinski definition) is 3. The normalized spacial score (nSPS) is 18.7. The van der Waals surface area contributed by atoms with Crippen LogP contribution in [0, 0.1) is 0 Å². The van der Waals surface area contributed by atoms with Crippen molar-refractivity contribution < 1.29 is 19.1 Å². The van der Waals surface area contributed by atoms with Gasteiger partial charge in [-0.25, -0.2) is 0 Å². The fourth-order valence-corrected chi connectivity index (χ4v) is 1.65. The summed E-state index contributed by atoms with van der Waals surface area (Å²) in [5.41, 5.74) is 0. The van der Waals surface area contributed by atoms with Crippen LogP contribution < -0.4 is 0 Å². The van der Waals surface area contributed by atoms with E-state index in [1.807, 2.05) is 0 Å². The highest BCUT2D eigenvalue weighted by atomic mass is 35.6. The topological polar surface area (TPSA) is 66.8 Å². The highest BCUT2D eigenvalue weighted by molar-refractivity contribution is 7.32. The van der Waals surface area contributed by atoms with E-state index in [1.54, 1.807) is 0 Å². The molecule has 0 aliphatic heterocycles. The second-order valence-electron chi connectivity index (χ2n) is 1.96. The van der Waals surface area contributed by atoms with Gasteiger partial charge in [-0.3, -0.25) is 0 Å². The smallest absolute Gasteiger partial charge is 0.359 e. The van der Waals surface area contributed by atoms with E-state index in [0.717, 1.165) is 0 Å². The first-order valence-electron chi connectivity index (χ1n) is 2.87. The standard InChI is InChI=1S/C4H6Cl3O4P/c1-2-3(8,4(5,6)7)11-12(9)10/h8H,2H2,1H3/p+1. The van der Waals surface area contributed by atoms with Crippen molar-refractivity contribution in [3.05, 3.63) is 0 Å². The Kier molecular flexibility index (Phi) is 4.69. The van der Waals surface area contributed by atoms with Gasteiger partial charge in [0.05, 0.1) is 0 Å². The molecule has 0 spiro atoms. The lowest BCUT2D eigenvalue weighted by molar-refractivity contribution is -0.136. The molecule has 0 radical (unpaired) electrons. The maximum absolute atomic E-state index is 10.2. The van der Waals surface area contributed by atoms with Crippen molar-refractivity contribution in [3.63, 3.8) is 0 Å². The molecule has 0 aliphatic rings. The molecule has 2 N–H and O–H groups in total. The lowest BCUT2D eigenvalue weighted by atomic mass is 10.2. The zero-order chi connectivity index (χ0) is 9.99. The molecule has 0 rings (SSSR count). The van der Waals surface area contributed by atoms with Gasteiger partial charge in [0.1, 0.15) is 0 Å². The largest absolute Gasteiger partial charge is 0.697 e. The fourth-order valence-electron chi connectivity index (χ4n) is 0.446. The number of rotatable bonds is 3. The molecule has 0 amide bonds. The van der Waals surface area contributed by atoms with Gasteiger partial charge in [-0.2, -0.15) is 0 Å². The number of hydrogen-bond donors (Lipinski definition) is 2. The molecule has 2 unspecified atom stereocenters. The van der Waals surface area contributed by atoms with Crippen molar-refractivity contribution in [2.45, 2.75) is 22.9 Å². The van der Waals surface area contributed by atoms with E-state index in [4.69, 9.17) is 39.7 Å². The van der Waals surface area contributed by atoms with Crippen LogP contribution in [0.3, 0.4) is 0 Å². The molecule has 12 heavy (non-hydrogen) atoms. The summed E-state index contributed by atoms with van der Waals surface area (Å²) in [4.78, 5) is 8.33. The van der Waals surface area contributed by atoms with Crippen LogP contribution >= 0.6 is 43.1 Å². The zero-order valence-electron chi connectivity index (χ0n) is 6.00. The Morgan fingerprint density at radius 2 is 1.92 bits per heavy atom. The summed E-state index contributed by atoms with van der Waals surface area (Å²) in [6, 6.07) is 0. The molecular weight excluding hydrogens is 249 g/mol. The average molecular weight is 256 g/mol. The molecule has 0 aromatic carbocycles. The number of aliphatic hydroxyl groups is 1. The van der Waals surface area contributed by atoms with Crippen molar-refractivity contribution in [3.8, 4) is 0 Å². The third-order valence-corrected chi connectivity index (χ3v) is 2.50. The Labute approximate surface area is 85.3 Å². The summed E-state index contributed by atoms with van der Waals surface area (Å²) in [5.74, 6) is -2.24. The molecule has 0 bridgehead atoms. The van der Waals surface area contributed by atoms with Gasteiger partial charge in [0.2, 0.25) is 3.79 Å². The Bertz CT molecular complexity index is 182. The van der Waals surface area contributed by atoms with E-state index in [2.05, 4.69) is 4.52 Å². The Morgan fingerprint density at radius 3 is 2.00 bits per heavy atom. The Hall–Kier alpha value is 0.850. The minimum absolute atomic E-state index is 0.120. The van der Waals surface area contributed by atoms with Crippen molar-refractivity contribution >= 4 is 43.1 Å². The van der Waals surface area contributed by atoms with Crippen LogP contribution in [-0.2, 0) is 9.09 Å². The first-order valence-corrected chi connectivity index (χ1v) is 5.13. The molecule has 0 saturated heterocycles. The molecular formula is C4H7Cl3O4P+. The van der Waals surface area contributed by atoms with E-state index in [1.165, 1.54) is 6.92 Å². The van der Waals surface area contributed by atoms with Crippen molar-refractivity contribution in [1.82, 2.24) is 0 Å². The van der Waals surface area contributed by atoms with Gasteiger partial charge in [0, 0.05) is 11.0 Å². The van der Waals surface area contributed by atoms with Gasteiger partial charge in [0.25, 0.3) is 5.79 Å². The van der Waals surface area contributed by atoms with Crippen LogP contribution in [-0.4, -0.2) is 19.6 Å². The van der Waals surface area contributed by atoms with Crippen LogP contribution in [0.2, 0.25) is 0 Å². The fraction of sp³-hybridized carbons (Fsp3) is 1.00. The van der Waals surface area contributed by atoms with Gasteiger partial charge in [0.15, 0.2) is 0 Å². The molecule has 0 aromatic heterocycles. The maximum atomic E-state index is 10.2. The molecule has 0 heterocycles. The monoisotopic (exact) mass is 255 g/mol. The van der Waals surface area contributed by atoms with Crippen molar-refractivity contribution in [2.24, 2.45) is 0 Å². The van der Waals surface area contributed by atoms with Crippen molar-refractivity contribution in [1.29, 1.82) is 0 Å². The quantitative estimate of drug-likeness (QED) is 0.461. The maximum Gasteiger partial charge on any atom is 0.697 e. The van der Waals surface area contributed by atoms with Crippen LogP contribution in [0.4, 0.5) is 0 Å². The van der Waals surface area contributed by atoms with Gasteiger partial charge in [-0.05, 0) is 0 Å². The minimum atomic E-state index is -3.01. The van der Waals surface area contributed by atoms with E-state index in [9.17, 15) is 9.67 Å². The van der Waals surface area contributed by atoms with E-state index in [-0.39, 0.29) is 6.42 Å². The number of alkyl halides is 3.